The number of nitrogens with zero attached hydrogens (tertiary/aromatic N) is 3. The fraction of sp³-hybridized carbons (Fsp3) is 0.562. The second-order valence-corrected chi connectivity index (χ2v) is 7.30. The number of nitrogens with two attached hydrogens (primary N) is 1. The molecule has 3 aliphatic rings. The Kier molecular flexibility index (Phi) is 3.55. The molecule has 2 aliphatic heterocycles. The van der Waals surface area contributed by atoms with Gasteiger partial charge in [-0.3, -0.25) is 4.98 Å². The molecule has 2 atom stereocenters. The van der Waals surface area contributed by atoms with Gasteiger partial charge in [0.05, 0.1) is 22.9 Å². The molecule has 1 aromatic heterocycles. The maximum atomic E-state index is 6.16. The summed E-state index contributed by atoms with van der Waals surface area (Å²) in [5.41, 5.74) is 8.69. The quantitative estimate of drug-likeness (QED) is 0.930. The number of hydrogen-bond acceptors (Lipinski definition) is 5. The van der Waals surface area contributed by atoms with E-state index in [1.807, 2.05) is 24.2 Å². The molecule has 2 fully saturated rings. The lowest BCUT2D eigenvalue weighted by atomic mass is 10.1. The summed E-state index contributed by atoms with van der Waals surface area (Å²) in [4.78, 5) is 9.23. The fourth-order valence-corrected chi connectivity index (χ4v) is 4.51. The van der Waals surface area contributed by atoms with Crippen LogP contribution in [0.15, 0.2) is 30.1 Å². The summed E-state index contributed by atoms with van der Waals surface area (Å²) in [6, 6.07) is 2.44. The van der Waals surface area contributed by atoms with Gasteiger partial charge in [-0.05, 0) is 43.1 Å². The summed E-state index contributed by atoms with van der Waals surface area (Å²) in [6.45, 7) is 2.05. The number of rotatable bonds is 3. The highest BCUT2D eigenvalue weighted by atomic mass is 32.2. The van der Waals surface area contributed by atoms with Gasteiger partial charge in [-0.15, -0.1) is 11.8 Å². The van der Waals surface area contributed by atoms with Crippen LogP contribution in [0.25, 0.3) is 0 Å². The molecule has 5 heteroatoms. The van der Waals surface area contributed by atoms with E-state index < -0.39 is 0 Å². The van der Waals surface area contributed by atoms with Crippen LogP contribution < -0.4 is 15.5 Å². The third-order valence-corrected chi connectivity index (χ3v) is 5.76. The van der Waals surface area contributed by atoms with E-state index >= 15 is 0 Å². The Morgan fingerprint density at radius 2 is 2.14 bits per heavy atom. The Balaban J connectivity index is 1.64. The molecule has 3 heterocycles. The van der Waals surface area contributed by atoms with Crippen molar-refractivity contribution < 1.29 is 0 Å². The van der Waals surface area contributed by atoms with E-state index in [0.717, 1.165) is 25.4 Å². The van der Waals surface area contributed by atoms with E-state index in [4.69, 9.17) is 5.73 Å². The fourth-order valence-electron chi connectivity index (χ4n) is 3.34. The van der Waals surface area contributed by atoms with Crippen molar-refractivity contribution in [3.05, 3.63) is 30.1 Å². The first-order valence-electron chi connectivity index (χ1n) is 7.88. The molecule has 4 nitrogen and oxygen atoms in total. The van der Waals surface area contributed by atoms with Gasteiger partial charge in [0.15, 0.2) is 0 Å². The Labute approximate surface area is 130 Å². The average Bonchev–Trinajstić information content (AvgIpc) is 3.24. The van der Waals surface area contributed by atoms with Crippen molar-refractivity contribution >= 4 is 23.1 Å². The van der Waals surface area contributed by atoms with Gasteiger partial charge in [0.2, 0.25) is 0 Å². The molecule has 0 amide bonds. The second kappa shape index (κ2) is 5.54. The molecule has 1 aromatic rings. The molecule has 0 radical (unpaired) electrons. The molecule has 0 bridgehead atoms. The van der Waals surface area contributed by atoms with E-state index in [1.54, 1.807) is 0 Å². The topological polar surface area (TPSA) is 45.4 Å². The highest BCUT2D eigenvalue weighted by molar-refractivity contribution is 8.03. The minimum atomic E-state index is 0.294. The Morgan fingerprint density at radius 3 is 2.95 bits per heavy atom. The standard InChI is InChI=1S/C16H22N4S/c17-13-2-1-7-19(11-13)14-5-6-18-10-15(14)20-8-9-21-16(20)12-3-4-12/h5-6,8-10,12-13,16H,1-4,7,11,17H2. The summed E-state index contributed by atoms with van der Waals surface area (Å²) < 4.78 is 0. The van der Waals surface area contributed by atoms with Crippen LogP contribution in [0.4, 0.5) is 11.4 Å². The van der Waals surface area contributed by atoms with Gasteiger partial charge in [0.25, 0.3) is 0 Å². The first kappa shape index (κ1) is 13.5. The Morgan fingerprint density at radius 1 is 1.24 bits per heavy atom. The number of pyridine rings is 1. The largest absolute Gasteiger partial charge is 0.368 e. The third-order valence-electron chi connectivity index (χ3n) is 4.59. The van der Waals surface area contributed by atoms with Crippen molar-refractivity contribution in [2.45, 2.75) is 37.1 Å². The number of aromatic nitrogens is 1. The van der Waals surface area contributed by atoms with Gasteiger partial charge < -0.3 is 15.5 Å². The number of thioether (sulfide) groups is 1. The van der Waals surface area contributed by atoms with Crippen molar-refractivity contribution in [2.75, 3.05) is 22.9 Å². The van der Waals surface area contributed by atoms with E-state index in [9.17, 15) is 0 Å². The zero-order valence-electron chi connectivity index (χ0n) is 12.2. The van der Waals surface area contributed by atoms with Crippen molar-refractivity contribution in [1.29, 1.82) is 0 Å². The average molecular weight is 302 g/mol. The summed E-state index contributed by atoms with van der Waals surface area (Å²) in [5, 5.41) is 2.79. The van der Waals surface area contributed by atoms with E-state index in [-0.39, 0.29) is 0 Å². The maximum absolute atomic E-state index is 6.16. The van der Waals surface area contributed by atoms with Gasteiger partial charge >= 0.3 is 0 Å². The molecule has 1 aliphatic carbocycles. The zero-order valence-corrected chi connectivity index (χ0v) is 13.0. The van der Waals surface area contributed by atoms with Gasteiger partial charge in [0.1, 0.15) is 0 Å². The molecule has 112 valence electrons. The normalized spacial score (nSPS) is 29.2. The van der Waals surface area contributed by atoms with Gasteiger partial charge in [-0.1, -0.05) is 0 Å². The van der Waals surface area contributed by atoms with E-state index in [2.05, 4.69) is 32.5 Å². The zero-order chi connectivity index (χ0) is 14.2. The second-order valence-electron chi connectivity index (χ2n) is 6.27. The van der Waals surface area contributed by atoms with Crippen molar-refractivity contribution in [1.82, 2.24) is 4.98 Å². The van der Waals surface area contributed by atoms with Crippen LogP contribution in [0.2, 0.25) is 0 Å². The molecule has 4 rings (SSSR count). The first-order chi connectivity index (χ1) is 10.3. The minimum absolute atomic E-state index is 0.294. The molecule has 1 saturated carbocycles. The van der Waals surface area contributed by atoms with Gasteiger partial charge in [-0.2, -0.15) is 0 Å². The molecule has 2 N–H and O–H groups in total. The van der Waals surface area contributed by atoms with Crippen LogP contribution in [0.1, 0.15) is 25.7 Å². The smallest absolute Gasteiger partial charge is 0.0863 e. The molecule has 1 saturated heterocycles. The minimum Gasteiger partial charge on any atom is -0.368 e. The third kappa shape index (κ3) is 2.64. The summed E-state index contributed by atoms with van der Waals surface area (Å²) >= 11 is 1.95. The van der Waals surface area contributed by atoms with Crippen molar-refractivity contribution in [3.8, 4) is 0 Å². The summed E-state index contributed by atoms with van der Waals surface area (Å²) in [5.74, 6) is 0.835. The van der Waals surface area contributed by atoms with Crippen LogP contribution in [0.5, 0.6) is 0 Å². The van der Waals surface area contributed by atoms with Crippen LogP contribution in [-0.4, -0.2) is 29.5 Å². The van der Waals surface area contributed by atoms with Crippen LogP contribution >= 0.6 is 11.8 Å². The van der Waals surface area contributed by atoms with Crippen molar-refractivity contribution in [3.63, 3.8) is 0 Å². The SMILES string of the molecule is NC1CCCN(c2ccncc2N2C=CSC2C2CC2)C1. The van der Waals surface area contributed by atoms with E-state index in [1.165, 1.54) is 30.6 Å². The molecular weight excluding hydrogens is 280 g/mol. The molecule has 2 unspecified atom stereocenters. The highest BCUT2D eigenvalue weighted by Gasteiger charge is 2.38. The lowest BCUT2D eigenvalue weighted by Gasteiger charge is -2.36. The van der Waals surface area contributed by atoms with Crippen LogP contribution in [0.3, 0.4) is 0 Å². The van der Waals surface area contributed by atoms with Crippen LogP contribution in [0, 0.1) is 5.92 Å². The highest BCUT2D eigenvalue weighted by Crippen LogP contribution is 2.47. The lowest BCUT2D eigenvalue weighted by molar-refractivity contribution is 0.506. The van der Waals surface area contributed by atoms with Gasteiger partial charge in [0, 0.05) is 31.5 Å². The number of anilines is 2. The van der Waals surface area contributed by atoms with Gasteiger partial charge in [-0.25, -0.2) is 0 Å². The van der Waals surface area contributed by atoms with Crippen molar-refractivity contribution in [2.24, 2.45) is 11.7 Å². The first-order valence-corrected chi connectivity index (χ1v) is 8.82. The molecule has 0 spiro atoms. The summed E-state index contributed by atoms with van der Waals surface area (Å²) in [7, 11) is 0. The number of hydrogen-bond donors (Lipinski definition) is 1. The van der Waals surface area contributed by atoms with Crippen LogP contribution in [-0.2, 0) is 0 Å². The Hall–Kier alpha value is -1.20. The maximum Gasteiger partial charge on any atom is 0.0863 e. The summed E-state index contributed by atoms with van der Waals surface area (Å²) in [6.07, 6.45) is 11.2. The Bertz CT molecular complexity index is 543. The molecule has 0 aromatic carbocycles. The lowest BCUT2D eigenvalue weighted by Crippen LogP contribution is -2.43. The molecular formula is C16H22N4S. The number of piperidine rings is 1. The van der Waals surface area contributed by atoms with E-state index in [0.29, 0.717) is 11.4 Å². The monoisotopic (exact) mass is 302 g/mol. The predicted octanol–water partition coefficient (Wildman–Crippen LogP) is 2.77. The predicted molar refractivity (Wildman–Crippen MR) is 89.4 cm³/mol. The molecule has 21 heavy (non-hydrogen) atoms.